The van der Waals surface area contributed by atoms with E-state index in [0.29, 0.717) is 0 Å². The normalized spacial score (nSPS) is 12.7. The van der Waals surface area contributed by atoms with Gasteiger partial charge in [-0.1, -0.05) is 18.2 Å². The summed E-state index contributed by atoms with van der Waals surface area (Å²) in [4.78, 5) is 0. The van der Waals surface area contributed by atoms with Gasteiger partial charge in [-0.05, 0) is 65.8 Å². The van der Waals surface area contributed by atoms with E-state index in [-0.39, 0.29) is 6.04 Å². The van der Waals surface area contributed by atoms with E-state index in [2.05, 4.69) is 49.7 Å². The molecule has 0 radical (unpaired) electrons. The van der Waals surface area contributed by atoms with Gasteiger partial charge in [-0.15, -0.1) is 0 Å². The van der Waals surface area contributed by atoms with Crippen molar-refractivity contribution in [2.45, 2.75) is 33.2 Å². The maximum Gasteiger partial charge on any atom is 0.0346 e. The van der Waals surface area contributed by atoms with Crippen molar-refractivity contribution >= 4 is 11.3 Å². The summed E-state index contributed by atoms with van der Waals surface area (Å²) < 4.78 is 0. The lowest BCUT2D eigenvalue weighted by atomic mass is 9.93. The van der Waals surface area contributed by atoms with Gasteiger partial charge in [0.1, 0.15) is 0 Å². The fraction of sp³-hybridized carbons (Fsp3) is 0.333. The predicted octanol–water partition coefficient (Wildman–Crippen LogP) is 3.92. The Labute approximate surface area is 107 Å². The van der Waals surface area contributed by atoms with Crippen molar-refractivity contribution in [3.8, 4) is 0 Å². The lowest BCUT2D eigenvalue weighted by molar-refractivity contribution is 0.714. The molecule has 1 atom stereocenters. The first-order valence-corrected chi connectivity index (χ1v) is 6.87. The van der Waals surface area contributed by atoms with Gasteiger partial charge in [0.25, 0.3) is 0 Å². The molecule has 2 heteroatoms. The highest BCUT2D eigenvalue weighted by atomic mass is 32.1. The summed E-state index contributed by atoms with van der Waals surface area (Å²) >= 11 is 1.73. The predicted molar refractivity (Wildman–Crippen MR) is 75.6 cm³/mol. The second-order valence-corrected chi connectivity index (χ2v) is 5.43. The quantitative estimate of drug-likeness (QED) is 0.871. The van der Waals surface area contributed by atoms with E-state index in [4.69, 9.17) is 5.73 Å². The summed E-state index contributed by atoms with van der Waals surface area (Å²) in [7, 11) is 0. The van der Waals surface area contributed by atoms with Crippen molar-refractivity contribution in [2.75, 3.05) is 0 Å². The third kappa shape index (κ3) is 2.59. The maximum atomic E-state index is 6.32. The molecule has 1 unspecified atom stereocenters. The average Bonchev–Trinajstić information content (AvgIpc) is 2.70. The monoisotopic (exact) mass is 245 g/mol. The lowest BCUT2D eigenvalue weighted by Crippen LogP contribution is -2.15. The zero-order chi connectivity index (χ0) is 12.4. The van der Waals surface area contributed by atoms with Gasteiger partial charge in [-0.2, -0.15) is 11.3 Å². The summed E-state index contributed by atoms with van der Waals surface area (Å²) in [6, 6.07) is 6.54. The van der Waals surface area contributed by atoms with E-state index in [1.807, 2.05) is 0 Å². The summed E-state index contributed by atoms with van der Waals surface area (Å²) in [5, 5.41) is 4.34. The van der Waals surface area contributed by atoms with Crippen LogP contribution in [0.3, 0.4) is 0 Å². The van der Waals surface area contributed by atoms with Gasteiger partial charge < -0.3 is 5.73 Å². The minimum absolute atomic E-state index is 0.112. The summed E-state index contributed by atoms with van der Waals surface area (Å²) in [5.41, 5.74) is 13.0. The second kappa shape index (κ2) is 5.03. The van der Waals surface area contributed by atoms with Crippen LogP contribution >= 0.6 is 11.3 Å². The van der Waals surface area contributed by atoms with E-state index in [9.17, 15) is 0 Å². The molecule has 1 nitrogen and oxygen atoms in total. The molecule has 1 aromatic carbocycles. The first kappa shape index (κ1) is 12.3. The van der Waals surface area contributed by atoms with Crippen molar-refractivity contribution in [2.24, 2.45) is 5.73 Å². The molecule has 1 heterocycles. The average molecular weight is 245 g/mol. The van der Waals surface area contributed by atoms with Crippen LogP contribution in [0.1, 0.15) is 33.9 Å². The molecule has 17 heavy (non-hydrogen) atoms. The van der Waals surface area contributed by atoms with Crippen molar-refractivity contribution in [1.29, 1.82) is 0 Å². The summed E-state index contributed by atoms with van der Waals surface area (Å²) in [5.74, 6) is 0. The number of thiophene rings is 1. The Bertz CT molecular complexity index is 493. The van der Waals surface area contributed by atoms with Crippen LogP contribution in [0, 0.1) is 20.8 Å². The number of benzene rings is 1. The zero-order valence-corrected chi connectivity index (χ0v) is 11.5. The summed E-state index contributed by atoms with van der Waals surface area (Å²) in [6.45, 7) is 6.46. The molecule has 2 aromatic rings. The molecule has 90 valence electrons. The van der Waals surface area contributed by atoms with Crippen LogP contribution in [-0.2, 0) is 6.42 Å². The molecule has 0 bridgehead atoms. The highest BCUT2D eigenvalue weighted by molar-refractivity contribution is 7.08. The molecule has 0 aliphatic carbocycles. The van der Waals surface area contributed by atoms with Gasteiger partial charge in [0.05, 0.1) is 0 Å². The maximum absolute atomic E-state index is 6.32. The third-order valence-corrected chi connectivity index (χ3v) is 4.24. The highest BCUT2D eigenvalue weighted by Crippen LogP contribution is 2.25. The standard InChI is InChI=1S/C15H19NS/c1-10-5-4-6-11(2)13(10)7-15(16)14-9-17-8-12(14)3/h4-6,8-9,15H,7,16H2,1-3H3. The largest absolute Gasteiger partial charge is 0.324 e. The number of nitrogens with two attached hydrogens (primary N) is 1. The van der Waals surface area contributed by atoms with Crippen molar-refractivity contribution in [3.05, 3.63) is 56.8 Å². The fourth-order valence-corrected chi connectivity index (χ4v) is 3.17. The summed E-state index contributed by atoms with van der Waals surface area (Å²) in [6.07, 6.45) is 0.927. The number of hydrogen-bond acceptors (Lipinski definition) is 2. The minimum Gasteiger partial charge on any atom is -0.324 e. The van der Waals surface area contributed by atoms with Gasteiger partial charge in [-0.3, -0.25) is 0 Å². The Balaban J connectivity index is 2.25. The number of hydrogen-bond donors (Lipinski definition) is 1. The molecule has 0 aliphatic heterocycles. The topological polar surface area (TPSA) is 26.0 Å². The minimum atomic E-state index is 0.112. The van der Waals surface area contributed by atoms with Crippen molar-refractivity contribution in [1.82, 2.24) is 0 Å². The van der Waals surface area contributed by atoms with E-state index in [1.54, 1.807) is 11.3 Å². The number of aryl methyl sites for hydroxylation is 3. The van der Waals surface area contributed by atoms with Gasteiger partial charge in [0.2, 0.25) is 0 Å². The van der Waals surface area contributed by atoms with Crippen LogP contribution < -0.4 is 5.73 Å². The molecular weight excluding hydrogens is 226 g/mol. The molecule has 2 N–H and O–H groups in total. The molecule has 0 spiro atoms. The van der Waals surface area contributed by atoms with Crippen LogP contribution in [-0.4, -0.2) is 0 Å². The van der Waals surface area contributed by atoms with Crippen LogP contribution in [0.5, 0.6) is 0 Å². The van der Waals surface area contributed by atoms with Crippen molar-refractivity contribution in [3.63, 3.8) is 0 Å². The van der Waals surface area contributed by atoms with E-state index < -0.39 is 0 Å². The Hall–Kier alpha value is -1.12. The first-order valence-electron chi connectivity index (χ1n) is 5.93. The Morgan fingerprint density at radius 1 is 1.06 bits per heavy atom. The molecular formula is C15H19NS. The van der Waals surface area contributed by atoms with Crippen LogP contribution in [0.2, 0.25) is 0 Å². The van der Waals surface area contributed by atoms with E-state index in [1.165, 1.54) is 27.8 Å². The molecule has 0 fully saturated rings. The Morgan fingerprint density at radius 2 is 1.71 bits per heavy atom. The molecule has 1 aromatic heterocycles. The first-order chi connectivity index (χ1) is 8.09. The van der Waals surface area contributed by atoms with Gasteiger partial charge in [-0.25, -0.2) is 0 Å². The van der Waals surface area contributed by atoms with E-state index in [0.717, 1.165) is 6.42 Å². The Kier molecular flexibility index (Phi) is 3.65. The van der Waals surface area contributed by atoms with Crippen LogP contribution in [0.15, 0.2) is 29.0 Å². The van der Waals surface area contributed by atoms with Crippen LogP contribution in [0.4, 0.5) is 0 Å². The van der Waals surface area contributed by atoms with Gasteiger partial charge >= 0.3 is 0 Å². The SMILES string of the molecule is Cc1cscc1C(N)Cc1c(C)cccc1C. The highest BCUT2D eigenvalue weighted by Gasteiger charge is 2.13. The molecule has 0 saturated carbocycles. The Morgan fingerprint density at radius 3 is 2.24 bits per heavy atom. The molecule has 0 amide bonds. The smallest absolute Gasteiger partial charge is 0.0346 e. The molecule has 0 aliphatic rings. The van der Waals surface area contributed by atoms with Gasteiger partial charge in [0, 0.05) is 6.04 Å². The van der Waals surface area contributed by atoms with E-state index >= 15 is 0 Å². The second-order valence-electron chi connectivity index (χ2n) is 4.69. The molecule has 0 saturated heterocycles. The lowest BCUT2D eigenvalue weighted by Gasteiger charge is -2.15. The van der Waals surface area contributed by atoms with Gasteiger partial charge in [0.15, 0.2) is 0 Å². The number of rotatable bonds is 3. The van der Waals surface area contributed by atoms with Crippen LogP contribution in [0.25, 0.3) is 0 Å². The fourth-order valence-electron chi connectivity index (χ4n) is 2.25. The molecule has 2 rings (SSSR count). The zero-order valence-electron chi connectivity index (χ0n) is 10.7. The third-order valence-electron chi connectivity index (χ3n) is 3.36. The van der Waals surface area contributed by atoms with Crippen molar-refractivity contribution < 1.29 is 0 Å².